The van der Waals surface area contributed by atoms with E-state index in [9.17, 15) is 9.18 Å². The zero-order chi connectivity index (χ0) is 14.0. The first kappa shape index (κ1) is 13.4. The highest BCUT2D eigenvalue weighted by Gasteiger charge is 2.18. The van der Waals surface area contributed by atoms with Crippen molar-refractivity contribution in [1.29, 1.82) is 0 Å². The molecule has 0 amide bonds. The molecule has 2 N–H and O–H groups in total. The largest absolute Gasteiger partial charge is 0.461 e. The van der Waals surface area contributed by atoms with Gasteiger partial charge in [-0.3, -0.25) is 4.57 Å². The third-order valence-corrected chi connectivity index (χ3v) is 2.76. The fourth-order valence-corrected chi connectivity index (χ4v) is 1.79. The fourth-order valence-electron chi connectivity index (χ4n) is 1.58. The molecule has 2 aromatic rings. The molecule has 0 saturated heterocycles. The van der Waals surface area contributed by atoms with E-state index in [-0.39, 0.29) is 18.1 Å². The van der Waals surface area contributed by atoms with E-state index >= 15 is 0 Å². The standard InChI is InChI=1S/C12H11ClFN3O2/c1-2-19-12(18)10-11(15)17(6-16-10)9-5-7(14)3-4-8(9)13/h3-6H,2,15H2,1H3. The predicted molar refractivity (Wildman–Crippen MR) is 68.9 cm³/mol. The van der Waals surface area contributed by atoms with Crippen LogP contribution in [0, 0.1) is 5.82 Å². The molecule has 0 bridgehead atoms. The summed E-state index contributed by atoms with van der Waals surface area (Å²) < 4.78 is 19.4. The summed E-state index contributed by atoms with van der Waals surface area (Å²) in [7, 11) is 0. The second-order valence-corrected chi connectivity index (χ2v) is 4.07. The molecule has 0 spiro atoms. The molecule has 0 aliphatic heterocycles. The van der Waals surface area contributed by atoms with Crippen molar-refractivity contribution in [3.8, 4) is 5.69 Å². The Morgan fingerprint density at radius 1 is 1.58 bits per heavy atom. The number of rotatable bonds is 3. The van der Waals surface area contributed by atoms with Gasteiger partial charge < -0.3 is 10.5 Å². The highest BCUT2D eigenvalue weighted by Crippen LogP contribution is 2.25. The first-order valence-corrected chi connectivity index (χ1v) is 5.87. The summed E-state index contributed by atoms with van der Waals surface area (Å²) in [5.74, 6) is -1.05. The van der Waals surface area contributed by atoms with E-state index in [2.05, 4.69) is 4.98 Å². The molecule has 19 heavy (non-hydrogen) atoms. The van der Waals surface area contributed by atoms with Gasteiger partial charge in [-0.15, -0.1) is 0 Å². The minimum Gasteiger partial charge on any atom is -0.461 e. The van der Waals surface area contributed by atoms with E-state index < -0.39 is 11.8 Å². The molecule has 0 saturated carbocycles. The van der Waals surface area contributed by atoms with Gasteiger partial charge in [-0.2, -0.15) is 0 Å². The molecular weight excluding hydrogens is 273 g/mol. The monoisotopic (exact) mass is 283 g/mol. The Balaban J connectivity index is 2.47. The molecule has 0 fully saturated rings. The second-order valence-electron chi connectivity index (χ2n) is 3.66. The Morgan fingerprint density at radius 3 is 3.00 bits per heavy atom. The van der Waals surface area contributed by atoms with E-state index in [0.29, 0.717) is 10.7 Å². The van der Waals surface area contributed by atoms with Crippen molar-refractivity contribution in [1.82, 2.24) is 9.55 Å². The van der Waals surface area contributed by atoms with Gasteiger partial charge in [0.25, 0.3) is 0 Å². The number of nitrogens with zero attached hydrogens (tertiary/aromatic N) is 2. The van der Waals surface area contributed by atoms with Gasteiger partial charge in [0.15, 0.2) is 5.69 Å². The van der Waals surface area contributed by atoms with E-state index in [1.807, 2.05) is 0 Å². The molecule has 7 heteroatoms. The van der Waals surface area contributed by atoms with Crippen molar-refractivity contribution in [2.45, 2.75) is 6.92 Å². The number of aromatic nitrogens is 2. The third-order valence-electron chi connectivity index (χ3n) is 2.44. The van der Waals surface area contributed by atoms with Gasteiger partial charge in [-0.05, 0) is 25.1 Å². The van der Waals surface area contributed by atoms with E-state index in [0.717, 1.165) is 0 Å². The summed E-state index contributed by atoms with van der Waals surface area (Å²) in [6, 6.07) is 3.83. The van der Waals surface area contributed by atoms with E-state index in [1.165, 1.54) is 29.1 Å². The average Bonchev–Trinajstić information content (AvgIpc) is 2.74. The number of imidazole rings is 1. The minimum atomic E-state index is -0.633. The minimum absolute atomic E-state index is 0.0258. The summed E-state index contributed by atoms with van der Waals surface area (Å²) in [5.41, 5.74) is 6.09. The van der Waals surface area contributed by atoms with Crippen LogP contribution in [0.2, 0.25) is 5.02 Å². The van der Waals surface area contributed by atoms with Gasteiger partial charge >= 0.3 is 5.97 Å². The smallest absolute Gasteiger partial charge is 0.360 e. The van der Waals surface area contributed by atoms with Crippen LogP contribution in [0.5, 0.6) is 0 Å². The molecule has 0 aliphatic carbocycles. The first-order chi connectivity index (χ1) is 9.04. The lowest BCUT2D eigenvalue weighted by molar-refractivity contribution is 0.0521. The number of carbonyl (C=O) groups is 1. The Morgan fingerprint density at radius 2 is 2.32 bits per heavy atom. The van der Waals surface area contributed by atoms with Crippen LogP contribution in [0.3, 0.4) is 0 Å². The number of nitrogen functional groups attached to an aromatic ring is 1. The van der Waals surface area contributed by atoms with Crippen LogP contribution in [-0.2, 0) is 4.74 Å². The lowest BCUT2D eigenvalue weighted by atomic mass is 10.3. The van der Waals surface area contributed by atoms with Gasteiger partial charge in [0.05, 0.1) is 17.3 Å². The van der Waals surface area contributed by atoms with Crippen molar-refractivity contribution in [2.75, 3.05) is 12.3 Å². The van der Waals surface area contributed by atoms with Crippen molar-refractivity contribution >= 4 is 23.4 Å². The van der Waals surface area contributed by atoms with Crippen LogP contribution in [0.4, 0.5) is 10.2 Å². The number of carbonyl (C=O) groups excluding carboxylic acids is 1. The molecule has 2 rings (SSSR count). The lowest BCUT2D eigenvalue weighted by Gasteiger charge is -2.07. The van der Waals surface area contributed by atoms with Crippen LogP contribution in [0.1, 0.15) is 17.4 Å². The maximum Gasteiger partial charge on any atom is 0.360 e. The van der Waals surface area contributed by atoms with Crippen LogP contribution < -0.4 is 5.73 Å². The van der Waals surface area contributed by atoms with Gasteiger partial charge in [-0.1, -0.05) is 11.6 Å². The zero-order valence-corrected chi connectivity index (χ0v) is 10.8. The maximum absolute atomic E-state index is 13.2. The van der Waals surface area contributed by atoms with Crippen LogP contribution in [-0.4, -0.2) is 22.1 Å². The zero-order valence-electron chi connectivity index (χ0n) is 10.1. The van der Waals surface area contributed by atoms with Crippen molar-refractivity contribution in [2.24, 2.45) is 0 Å². The molecule has 0 unspecified atom stereocenters. The van der Waals surface area contributed by atoms with Gasteiger partial charge in [0, 0.05) is 0 Å². The number of nitrogens with two attached hydrogens (primary N) is 1. The molecular formula is C12H11ClFN3O2. The Bertz CT molecular complexity index is 627. The van der Waals surface area contributed by atoms with Crippen LogP contribution >= 0.6 is 11.6 Å². The van der Waals surface area contributed by atoms with Crippen LogP contribution in [0.25, 0.3) is 5.69 Å². The number of hydrogen-bond donors (Lipinski definition) is 1. The normalized spacial score (nSPS) is 10.5. The van der Waals surface area contributed by atoms with Gasteiger partial charge in [0.1, 0.15) is 18.0 Å². The van der Waals surface area contributed by atoms with E-state index in [1.54, 1.807) is 6.92 Å². The highest BCUT2D eigenvalue weighted by atomic mass is 35.5. The lowest BCUT2D eigenvalue weighted by Crippen LogP contribution is -2.09. The maximum atomic E-state index is 13.2. The quantitative estimate of drug-likeness (QED) is 0.878. The summed E-state index contributed by atoms with van der Waals surface area (Å²) in [6.07, 6.45) is 1.29. The number of halogens is 2. The molecule has 0 atom stereocenters. The molecule has 1 aromatic carbocycles. The SMILES string of the molecule is CCOC(=O)c1ncn(-c2cc(F)ccc2Cl)c1N. The Labute approximate surface area is 113 Å². The molecule has 1 heterocycles. The second kappa shape index (κ2) is 5.27. The molecule has 0 radical (unpaired) electrons. The molecule has 0 aliphatic rings. The number of hydrogen-bond acceptors (Lipinski definition) is 4. The van der Waals surface area contributed by atoms with Crippen molar-refractivity contribution in [3.05, 3.63) is 41.1 Å². The number of ether oxygens (including phenoxy) is 1. The van der Waals surface area contributed by atoms with Crippen LogP contribution in [0.15, 0.2) is 24.5 Å². The Kier molecular flexibility index (Phi) is 3.71. The van der Waals surface area contributed by atoms with Crippen molar-refractivity contribution < 1.29 is 13.9 Å². The van der Waals surface area contributed by atoms with Gasteiger partial charge in [0.2, 0.25) is 0 Å². The van der Waals surface area contributed by atoms with E-state index in [4.69, 9.17) is 22.1 Å². The molecule has 5 nitrogen and oxygen atoms in total. The summed E-state index contributed by atoms with van der Waals surface area (Å²) >= 11 is 5.97. The molecule has 1 aromatic heterocycles. The third kappa shape index (κ3) is 2.53. The summed E-state index contributed by atoms with van der Waals surface area (Å²) in [5, 5.41) is 0.293. The average molecular weight is 284 g/mol. The van der Waals surface area contributed by atoms with Crippen molar-refractivity contribution in [3.63, 3.8) is 0 Å². The fraction of sp³-hybridized carbons (Fsp3) is 0.167. The summed E-state index contributed by atoms with van der Waals surface area (Å²) in [6.45, 7) is 1.89. The number of anilines is 1. The number of esters is 1. The highest BCUT2D eigenvalue weighted by molar-refractivity contribution is 6.32. The topological polar surface area (TPSA) is 70.1 Å². The Hall–Kier alpha value is -2.08. The summed E-state index contributed by atoms with van der Waals surface area (Å²) in [4.78, 5) is 15.4. The molecule has 100 valence electrons. The predicted octanol–water partition coefficient (Wildman–Crippen LogP) is 2.42. The first-order valence-electron chi connectivity index (χ1n) is 5.50. The number of benzene rings is 1. The van der Waals surface area contributed by atoms with Gasteiger partial charge in [-0.25, -0.2) is 14.2 Å².